The van der Waals surface area contributed by atoms with Crippen LogP contribution in [-0.4, -0.2) is 17.7 Å². The Morgan fingerprint density at radius 1 is 1.35 bits per heavy atom. The fourth-order valence-electron chi connectivity index (χ4n) is 2.85. The molecule has 0 aromatic heterocycles. The van der Waals surface area contributed by atoms with Gasteiger partial charge in [0.1, 0.15) is 5.75 Å². The van der Waals surface area contributed by atoms with Crippen molar-refractivity contribution in [1.82, 2.24) is 0 Å². The third kappa shape index (κ3) is 3.53. The molecule has 1 aromatic rings. The summed E-state index contributed by atoms with van der Waals surface area (Å²) in [6.45, 7) is 7.08. The molecule has 2 rings (SSSR count). The molecule has 2 unspecified atom stereocenters. The number of carboxylic acids is 1. The molecular weight excluding hydrogens is 252 g/mol. The van der Waals surface area contributed by atoms with Gasteiger partial charge in [0, 0.05) is 0 Å². The molecule has 1 saturated carbocycles. The van der Waals surface area contributed by atoms with Crippen molar-refractivity contribution in [3.63, 3.8) is 0 Å². The average Bonchev–Trinajstić information content (AvgIpc) is 3.15. The molecular formula is C17H24O3. The summed E-state index contributed by atoms with van der Waals surface area (Å²) in [4.78, 5) is 10.8. The summed E-state index contributed by atoms with van der Waals surface area (Å²) in [6.07, 6.45) is 3.82. The van der Waals surface area contributed by atoms with E-state index in [-0.39, 0.29) is 5.92 Å². The number of aliphatic carboxylic acids is 1. The van der Waals surface area contributed by atoms with E-state index in [2.05, 4.69) is 32.9 Å². The molecule has 1 fully saturated rings. The van der Waals surface area contributed by atoms with Crippen molar-refractivity contribution >= 4 is 5.97 Å². The molecule has 1 aromatic carbocycles. The normalized spacial score (nSPS) is 20.8. The Labute approximate surface area is 121 Å². The van der Waals surface area contributed by atoms with Crippen LogP contribution >= 0.6 is 0 Å². The molecule has 0 radical (unpaired) electrons. The molecule has 20 heavy (non-hydrogen) atoms. The smallest absolute Gasteiger partial charge is 0.306 e. The first-order chi connectivity index (χ1) is 9.52. The molecule has 0 amide bonds. The van der Waals surface area contributed by atoms with Crippen LogP contribution in [0.3, 0.4) is 0 Å². The summed E-state index contributed by atoms with van der Waals surface area (Å²) in [5.41, 5.74) is 3.86. The Kier molecular flexibility index (Phi) is 4.69. The maximum absolute atomic E-state index is 10.8. The van der Waals surface area contributed by atoms with Gasteiger partial charge in [0.2, 0.25) is 0 Å². The molecule has 0 bridgehead atoms. The first-order valence-corrected chi connectivity index (χ1v) is 7.48. The van der Waals surface area contributed by atoms with Gasteiger partial charge in [0.15, 0.2) is 0 Å². The van der Waals surface area contributed by atoms with Gasteiger partial charge in [-0.2, -0.15) is 0 Å². The lowest BCUT2D eigenvalue weighted by atomic mass is 9.96. The fourth-order valence-corrected chi connectivity index (χ4v) is 2.85. The van der Waals surface area contributed by atoms with Gasteiger partial charge in [-0.25, -0.2) is 0 Å². The van der Waals surface area contributed by atoms with Gasteiger partial charge in [-0.1, -0.05) is 6.92 Å². The molecule has 110 valence electrons. The summed E-state index contributed by atoms with van der Waals surface area (Å²) in [7, 11) is 0. The quantitative estimate of drug-likeness (QED) is 0.825. The van der Waals surface area contributed by atoms with Crippen molar-refractivity contribution in [2.75, 3.05) is 6.61 Å². The Hall–Kier alpha value is -1.51. The highest BCUT2D eigenvalue weighted by Crippen LogP contribution is 2.42. The number of benzene rings is 1. The van der Waals surface area contributed by atoms with Crippen LogP contribution in [0.5, 0.6) is 5.75 Å². The van der Waals surface area contributed by atoms with Crippen LogP contribution in [0, 0.1) is 25.7 Å². The molecule has 0 spiro atoms. The Balaban J connectivity index is 1.96. The lowest BCUT2D eigenvalue weighted by molar-refractivity contribution is -0.138. The van der Waals surface area contributed by atoms with E-state index in [1.165, 1.54) is 16.7 Å². The molecule has 0 saturated heterocycles. The van der Waals surface area contributed by atoms with Gasteiger partial charge in [0.05, 0.1) is 12.5 Å². The minimum Gasteiger partial charge on any atom is -0.494 e. The van der Waals surface area contributed by atoms with Crippen molar-refractivity contribution in [3.05, 3.63) is 28.8 Å². The topological polar surface area (TPSA) is 46.5 Å². The monoisotopic (exact) mass is 276 g/mol. The second-order valence-corrected chi connectivity index (χ2v) is 5.86. The number of ether oxygens (including phenoxy) is 1. The highest BCUT2D eigenvalue weighted by molar-refractivity contribution is 5.73. The van der Waals surface area contributed by atoms with Crippen LogP contribution in [0.25, 0.3) is 0 Å². The number of carboxylic acid groups (broad SMARTS) is 1. The highest BCUT2D eigenvalue weighted by atomic mass is 16.5. The van der Waals surface area contributed by atoms with Crippen LogP contribution in [0.15, 0.2) is 12.1 Å². The number of hydrogen-bond donors (Lipinski definition) is 1. The van der Waals surface area contributed by atoms with Gasteiger partial charge in [-0.15, -0.1) is 0 Å². The number of carbonyl (C=O) groups is 1. The van der Waals surface area contributed by atoms with Gasteiger partial charge in [-0.05, 0) is 74.3 Å². The third-order valence-corrected chi connectivity index (χ3v) is 4.15. The van der Waals surface area contributed by atoms with E-state index in [1.807, 2.05) is 0 Å². The van der Waals surface area contributed by atoms with Crippen LogP contribution in [-0.2, 0) is 11.2 Å². The molecule has 1 aliphatic carbocycles. The lowest BCUT2D eigenvalue weighted by Crippen LogP contribution is -2.02. The number of hydrogen-bond acceptors (Lipinski definition) is 2. The summed E-state index contributed by atoms with van der Waals surface area (Å²) >= 11 is 0. The second-order valence-electron chi connectivity index (χ2n) is 5.86. The predicted molar refractivity (Wildman–Crippen MR) is 79.3 cm³/mol. The molecule has 3 heteroatoms. The van der Waals surface area contributed by atoms with Gasteiger partial charge in [0.25, 0.3) is 0 Å². The average molecular weight is 276 g/mol. The second kappa shape index (κ2) is 6.29. The Bertz CT molecular complexity index is 470. The van der Waals surface area contributed by atoms with Crippen molar-refractivity contribution in [3.8, 4) is 5.75 Å². The van der Waals surface area contributed by atoms with E-state index in [4.69, 9.17) is 9.84 Å². The zero-order valence-electron chi connectivity index (χ0n) is 12.6. The van der Waals surface area contributed by atoms with Crippen molar-refractivity contribution in [2.45, 2.75) is 46.5 Å². The van der Waals surface area contributed by atoms with Crippen molar-refractivity contribution in [1.29, 1.82) is 0 Å². The van der Waals surface area contributed by atoms with Crippen molar-refractivity contribution in [2.24, 2.45) is 11.8 Å². The van der Waals surface area contributed by atoms with E-state index in [9.17, 15) is 4.79 Å². The fraction of sp³-hybridized carbons (Fsp3) is 0.588. The van der Waals surface area contributed by atoms with Crippen molar-refractivity contribution < 1.29 is 14.6 Å². The van der Waals surface area contributed by atoms with Crippen LogP contribution < -0.4 is 4.74 Å². The maximum Gasteiger partial charge on any atom is 0.306 e. The highest BCUT2D eigenvalue weighted by Gasteiger charge is 2.42. The first kappa shape index (κ1) is 14.9. The van der Waals surface area contributed by atoms with E-state index in [0.717, 1.165) is 38.0 Å². The molecule has 1 aliphatic rings. The minimum absolute atomic E-state index is 0.0947. The SMILES string of the molecule is CCCOc1cc(C)c(CCC2CC2C(=O)O)c(C)c1. The zero-order chi connectivity index (χ0) is 14.7. The van der Waals surface area contributed by atoms with E-state index < -0.39 is 5.97 Å². The molecule has 0 heterocycles. The Morgan fingerprint density at radius 3 is 2.50 bits per heavy atom. The van der Waals surface area contributed by atoms with Crippen LogP contribution in [0.4, 0.5) is 0 Å². The predicted octanol–water partition coefficient (Wildman–Crippen LogP) is 3.75. The molecule has 0 aliphatic heterocycles. The standard InChI is InChI=1S/C17H24O3/c1-4-7-20-14-8-11(2)15(12(3)9-14)6-5-13-10-16(13)17(18)19/h8-9,13,16H,4-7,10H2,1-3H3,(H,18,19). The summed E-state index contributed by atoms with van der Waals surface area (Å²) in [5, 5.41) is 8.93. The van der Waals surface area contributed by atoms with Crippen LogP contribution in [0.2, 0.25) is 0 Å². The van der Waals surface area contributed by atoms with E-state index in [1.54, 1.807) is 0 Å². The maximum atomic E-state index is 10.8. The van der Waals surface area contributed by atoms with E-state index >= 15 is 0 Å². The lowest BCUT2D eigenvalue weighted by Gasteiger charge is -2.13. The van der Waals surface area contributed by atoms with Gasteiger partial charge >= 0.3 is 5.97 Å². The zero-order valence-corrected chi connectivity index (χ0v) is 12.6. The largest absolute Gasteiger partial charge is 0.494 e. The molecule has 2 atom stereocenters. The summed E-state index contributed by atoms with van der Waals surface area (Å²) in [6, 6.07) is 4.19. The summed E-state index contributed by atoms with van der Waals surface area (Å²) < 4.78 is 5.68. The molecule has 3 nitrogen and oxygen atoms in total. The van der Waals surface area contributed by atoms with E-state index in [0.29, 0.717) is 5.92 Å². The Morgan fingerprint density at radius 2 is 2.00 bits per heavy atom. The minimum atomic E-state index is -0.633. The first-order valence-electron chi connectivity index (χ1n) is 7.48. The number of rotatable bonds is 7. The van der Waals surface area contributed by atoms with Crippen LogP contribution in [0.1, 0.15) is 42.9 Å². The third-order valence-electron chi connectivity index (χ3n) is 4.15. The molecule has 1 N–H and O–H groups in total. The van der Waals surface area contributed by atoms with Gasteiger partial charge in [-0.3, -0.25) is 4.79 Å². The van der Waals surface area contributed by atoms with Gasteiger partial charge < -0.3 is 9.84 Å². The number of aryl methyl sites for hydroxylation is 2. The summed E-state index contributed by atoms with van der Waals surface area (Å²) in [5.74, 6) is 0.595.